The third kappa shape index (κ3) is 4.89. The third-order valence-corrected chi connectivity index (χ3v) is 14.2. The van der Waals surface area contributed by atoms with Crippen molar-refractivity contribution in [2.24, 2.45) is 0 Å². The van der Waals surface area contributed by atoms with E-state index >= 15 is 0 Å². The van der Waals surface area contributed by atoms with Crippen molar-refractivity contribution in [1.29, 1.82) is 0 Å². The molecule has 240 valence electrons. The first-order valence-corrected chi connectivity index (χ1v) is 20.4. The van der Waals surface area contributed by atoms with Crippen LogP contribution in [-0.4, -0.2) is 28.2 Å². The molecule has 0 fully saturated rings. The maximum Gasteiger partial charge on any atom is 0.113 e. The molecule has 0 amide bonds. The minimum atomic E-state index is -1.83. The molecule has 0 spiro atoms. The number of hydrogen-bond donors (Lipinski definition) is 0. The largest absolute Gasteiger partial charge is 0.254 e. The van der Waals surface area contributed by atoms with Crippen molar-refractivity contribution in [1.82, 2.24) is 20.2 Å². The van der Waals surface area contributed by atoms with Gasteiger partial charge >= 0.3 is 0 Å². The molecule has 0 N–H and O–H groups in total. The summed E-state index contributed by atoms with van der Waals surface area (Å²) in [7, 11) is -1.83. The minimum Gasteiger partial charge on any atom is -0.254 e. The average Bonchev–Trinajstić information content (AvgIpc) is 3.42. The van der Waals surface area contributed by atoms with Crippen LogP contribution in [0.15, 0.2) is 158 Å². The monoisotopic (exact) mass is 668 g/mol. The Hall–Kier alpha value is -6.30. The average molecular weight is 669 g/mol. The summed E-state index contributed by atoms with van der Waals surface area (Å²) in [5.74, 6) is 0. The van der Waals surface area contributed by atoms with E-state index in [9.17, 15) is 0 Å². The van der Waals surface area contributed by atoms with Crippen molar-refractivity contribution < 1.29 is 0 Å². The topological polar surface area (TPSA) is 51.6 Å². The molecule has 1 aliphatic rings. The van der Waals surface area contributed by atoms with E-state index < -0.39 is 8.07 Å². The van der Waals surface area contributed by atoms with E-state index in [1.165, 1.54) is 32.6 Å². The second kappa shape index (κ2) is 11.4. The van der Waals surface area contributed by atoms with Crippen LogP contribution >= 0.6 is 0 Å². The SMILES string of the molecule is C[Si]1(C)c2ccccc2-c2ccc(-c3cc(-c4ccc(-c5cnc6c(ccc7cccnc76)c5)cc4)cc(-c4cc5ccccc5nn4)c3)cc21. The molecular weight excluding hydrogens is 637 g/mol. The third-order valence-electron chi connectivity index (χ3n) is 10.6. The van der Waals surface area contributed by atoms with Crippen LogP contribution in [0.4, 0.5) is 0 Å². The molecule has 0 bridgehead atoms. The zero-order valence-electron chi connectivity index (χ0n) is 28.3. The van der Waals surface area contributed by atoms with Crippen molar-refractivity contribution in [3.63, 3.8) is 0 Å². The first kappa shape index (κ1) is 29.6. The molecule has 6 aromatic carbocycles. The van der Waals surface area contributed by atoms with Gasteiger partial charge in [0.15, 0.2) is 0 Å². The highest BCUT2D eigenvalue weighted by Crippen LogP contribution is 2.36. The number of aromatic nitrogens is 4. The summed E-state index contributed by atoms with van der Waals surface area (Å²) in [6.45, 7) is 4.94. The van der Waals surface area contributed by atoms with E-state index in [4.69, 9.17) is 10.1 Å². The predicted octanol–water partition coefficient (Wildman–Crippen LogP) is 10.2. The Morgan fingerprint density at radius 3 is 1.96 bits per heavy atom. The number of pyridine rings is 2. The molecule has 0 saturated heterocycles. The fraction of sp³-hybridized carbons (Fsp3) is 0.0435. The van der Waals surface area contributed by atoms with Gasteiger partial charge in [0, 0.05) is 39.7 Å². The minimum absolute atomic E-state index is 0.862. The smallest absolute Gasteiger partial charge is 0.113 e. The molecule has 0 unspecified atom stereocenters. The Bertz CT molecular complexity index is 2840. The van der Waals surface area contributed by atoms with E-state index in [-0.39, 0.29) is 0 Å². The summed E-state index contributed by atoms with van der Waals surface area (Å²) >= 11 is 0. The van der Waals surface area contributed by atoms with Gasteiger partial charge in [0.05, 0.1) is 22.2 Å². The van der Waals surface area contributed by atoms with E-state index in [1.54, 1.807) is 0 Å². The van der Waals surface area contributed by atoms with Gasteiger partial charge in [-0.2, -0.15) is 0 Å². The highest BCUT2D eigenvalue weighted by molar-refractivity contribution is 7.03. The van der Waals surface area contributed by atoms with Gasteiger partial charge in [0.25, 0.3) is 0 Å². The second-order valence-corrected chi connectivity index (χ2v) is 18.4. The van der Waals surface area contributed by atoms with E-state index in [2.05, 4.69) is 151 Å². The van der Waals surface area contributed by atoms with E-state index in [0.29, 0.717) is 0 Å². The van der Waals surface area contributed by atoms with Crippen LogP contribution < -0.4 is 10.4 Å². The zero-order chi connectivity index (χ0) is 34.1. The lowest BCUT2D eigenvalue weighted by molar-refractivity contribution is 1.08. The molecule has 10 rings (SSSR count). The lowest BCUT2D eigenvalue weighted by Crippen LogP contribution is -2.49. The summed E-state index contributed by atoms with van der Waals surface area (Å²) in [6, 6.07) is 52.5. The van der Waals surface area contributed by atoms with Gasteiger partial charge in [-0.25, -0.2) is 0 Å². The van der Waals surface area contributed by atoms with E-state index in [0.717, 1.165) is 66.2 Å². The molecule has 4 nitrogen and oxygen atoms in total. The lowest BCUT2D eigenvalue weighted by Gasteiger charge is -2.19. The fourth-order valence-corrected chi connectivity index (χ4v) is 11.0. The van der Waals surface area contributed by atoms with Gasteiger partial charge < -0.3 is 0 Å². The molecule has 0 aliphatic carbocycles. The molecule has 9 aromatic rings. The van der Waals surface area contributed by atoms with Crippen LogP contribution in [0.1, 0.15) is 0 Å². The van der Waals surface area contributed by atoms with Crippen LogP contribution in [0.2, 0.25) is 13.1 Å². The summed E-state index contributed by atoms with van der Waals surface area (Å²) < 4.78 is 0. The van der Waals surface area contributed by atoms with Crippen molar-refractivity contribution >= 4 is 51.2 Å². The van der Waals surface area contributed by atoms with Crippen molar-refractivity contribution in [2.45, 2.75) is 13.1 Å². The number of fused-ring (bicyclic) bond motifs is 7. The maximum atomic E-state index is 4.85. The number of benzene rings is 6. The highest BCUT2D eigenvalue weighted by Gasteiger charge is 2.37. The molecule has 0 radical (unpaired) electrons. The Kier molecular flexibility index (Phi) is 6.60. The molecule has 0 atom stereocenters. The van der Waals surface area contributed by atoms with Crippen molar-refractivity contribution in [3.8, 4) is 55.8 Å². The first-order chi connectivity index (χ1) is 25.0. The van der Waals surface area contributed by atoms with Gasteiger partial charge in [-0.05, 0) is 91.8 Å². The molecule has 1 aliphatic heterocycles. The molecule has 5 heteroatoms. The standard InChI is InChI=1S/C46H32N4Si/c1-51(2)43-12-6-4-10-39(43)40-20-19-32(27-44(40)51)36-23-35(24-37(25-36)42-26-33-8-3-5-11-41(33)49-50-42)29-13-15-30(16-14-29)38-22-34-18-17-31-9-7-21-47-45(31)46(34)48-28-38/h3-28H,1-2H3. The quantitative estimate of drug-likeness (QED) is 0.138. The van der Waals surface area contributed by atoms with Gasteiger partial charge in [-0.15, -0.1) is 10.2 Å². The Balaban J connectivity index is 1.08. The van der Waals surface area contributed by atoms with Gasteiger partial charge in [0.2, 0.25) is 0 Å². The van der Waals surface area contributed by atoms with Crippen LogP contribution in [0.5, 0.6) is 0 Å². The lowest BCUT2D eigenvalue weighted by atomic mass is 9.93. The van der Waals surface area contributed by atoms with Crippen molar-refractivity contribution in [2.75, 3.05) is 0 Å². The normalized spacial score (nSPS) is 13.1. The second-order valence-electron chi connectivity index (χ2n) is 14.0. The maximum absolute atomic E-state index is 4.85. The fourth-order valence-electron chi connectivity index (χ4n) is 7.87. The van der Waals surface area contributed by atoms with Crippen LogP contribution in [0.25, 0.3) is 88.5 Å². The van der Waals surface area contributed by atoms with Crippen LogP contribution in [0, 0.1) is 0 Å². The molecule has 0 saturated carbocycles. The molecule has 51 heavy (non-hydrogen) atoms. The number of nitrogens with zero attached hydrogens (tertiary/aromatic N) is 4. The van der Waals surface area contributed by atoms with E-state index in [1.807, 2.05) is 30.6 Å². The van der Waals surface area contributed by atoms with Crippen molar-refractivity contribution in [3.05, 3.63) is 158 Å². The molecular formula is C46H32N4Si. The van der Waals surface area contributed by atoms with Gasteiger partial charge in [-0.1, -0.05) is 116 Å². The summed E-state index contributed by atoms with van der Waals surface area (Å²) in [4.78, 5) is 9.45. The summed E-state index contributed by atoms with van der Waals surface area (Å²) in [5, 5.41) is 15.6. The Morgan fingerprint density at radius 1 is 0.412 bits per heavy atom. The van der Waals surface area contributed by atoms with Gasteiger partial charge in [-0.3, -0.25) is 9.97 Å². The Labute approximate surface area is 297 Å². The summed E-state index contributed by atoms with van der Waals surface area (Å²) in [5.41, 5.74) is 14.3. The zero-order valence-corrected chi connectivity index (χ0v) is 29.3. The van der Waals surface area contributed by atoms with Crippen LogP contribution in [0.3, 0.4) is 0 Å². The molecule has 4 heterocycles. The number of hydrogen-bond acceptors (Lipinski definition) is 4. The first-order valence-electron chi connectivity index (χ1n) is 17.4. The van der Waals surface area contributed by atoms with Crippen LogP contribution in [-0.2, 0) is 0 Å². The highest BCUT2D eigenvalue weighted by atomic mass is 28.3. The number of rotatable bonds is 4. The van der Waals surface area contributed by atoms with Gasteiger partial charge in [0.1, 0.15) is 8.07 Å². The molecule has 3 aromatic heterocycles. The predicted molar refractivity (Wildman–Crippen MR) is 214 cm³/mol. The Morgan fingerprint density at radius 2 is 1.08 bits per heavy atom. The summed E-state index contributed by atoms with van der Waals surface area (Å²) in [6.07, 6.45) is 3.79.